The molecule has 1 fully saturated rings. The number of amides is 1. The molecule has 0 radical (unpaired) electrons. The molecule has 1 amide bonds. The van der Waals surface area contributed by atoms with Crippen LogP contribution >= 0.6 is 23.2 Å². The summed E-state index contributed by atoms with van der Waals surface area (Å²) in [5.74, 6) is -0.222. The Morgan fingerprint density at radius 2 is 2.08 bits per heavy atom. The largest absolute Gasteiger partial charge is 0.444 e. The lowest BCUT2D eigenvalue weighted by atomic mass is 9.93. The second-order valence-corrected chi connectivity index (χ2v) is 7.61. The van der Waals surface area contributed by atoms with Gasteiger partial charge in [0, 0.05) is 19.0 Å². The number of halogens is 2. The minimum absolute atomic E-state index is 0.146. The van der Waals surface area contributed by atoms with E-state index in [1.165, 1.54) is 0 Å². The Kier molecular flexibility index (Phi) is 6.37. The van der Waals surface area contributed by atoms with Crippen molar-refractivity contribution in [2.24, 2.45) is 0 Å². The van der Waals surface area contributed by atoms with Crippen LogP contribution in [-0.2, 0) is 9.47 Å². The Morgan fingerprint density at radius 3 is 2.67 bits per heavy atom. The van der Waals surface area contributed by atoms with Gasteiger partial charge in [-0.3, -0.25) is 0 Å². The van der Waals surface area contributed by atoms with E-state index in [-0.39, 0.29) is 12.5 Å². The first-order valence-corrected chi connectivity index (χ1v) is 8.62. The van der Waals surface area contributed by atoms with Crippen LogP contribution in [0, 0.1) is 0 Å². The summed E-state index contributed by atoms with van der Waals surface area (Å²) in [4.78, 5) is 14.0. The number of carbonyl (C=O) groups is 1. The van der Waals surface area contributed by atoms with Crippen LogP contribution in [0.4, 0.5) is 4.79 Å². The second-order valence-electron chi connectivity index (χ2n) is 6.80. The zero-order chi connectivity index (χ0) is 17.9. The lowest BCUT2D eigenvalue weighted by Crippen LogP contribution is -2.40. The molecule has 7 heteroatoms. The number of aliphatic hydroxyl groups excluding tert-OH is 1. The first-order chi connectivity index (χ1) is 11.2. The molecule has 2 rings (SSSR count). The molecule has 1 aromatic rings. The SMILES string of the molecule is CC(C)(C)OC(=O)N1CCO[C@H](CO)[C@@H](c2ccc(Cl)c(Cl)c2)C1. The number of carbonyl (C=O) groups excluding carboxylic acids is 1. The van der Waals surface area contributed by atoms with E-state index in [1.807, 2.05) is 26.8 Å². The van der Waals surface area contributed by atoms with Gasteiger partial charge in [-0.25, -0.2) is 4.79 Å². The topological polar surface area (TPSA) is 59.0 Å². The number of ether oxygens (including phenoxy) is 2. The Labute approximate surface area is 152 Å². The van der Waals surface area contributed by atoms with Crippen molar-refractivity contribution in [3.8, 4) is 0 Å². The van der Waals surface area contributed by atoms with Gasteiger partial charge in [0.15, 0.2) is 0 Å². The molecule has 1 aromatic carbocycles. The minimum atomic E-state index is -0.570. The summed E-state index contributed by atoms with van der Waals surface area (Å²) in [5.41, 5.74) is 0.290. The molecule has 2 atom stereocenters. The van der Waals surface area contributed by atoms with E-state index >= 15 is 0 Å². The van der Waals surface area contributed by atoms with Crippen LogP contribution in [0.3, 0.4) is 0 Å². The Balaban J connectivity index is 2.24. The number of aliphatic hydroxyl groups is 1. The highest BCUT2D eigenvalue weighted by atomic mass is 35.5. The molecule has 1 N–H and O–H groups in total. The molecule has 0 aliphatic carbocycles. The number of hydrogen-bond acceptors (Lipinski definition) is 4. The van der Waals surface area contributed by atoms with E-state index in [1.54, 1.807) is 17.0 Å². The van der Waals surface area contributed by atoms with Crippen molar-refractivity contribution < 1.29 is 19.4 Å². The van der Waals surface area contributed by atoms with Gasteiger partial charge in [-0.15, -0.1) is 0 Å². The summed E-state index contributed by atoms with van der Waals surface area (Å²) >= 11 is 12.1. The third-order valence-corrected chi connectivity index (χ3v) is 4.50. The number of rotatable bonds is 2. The summed E-state index contributed by atoms with van der Waals surface area (Å²) in [7, 11) is 0. The van der Waals surface area contributed by atoms with Crippen molar-refractivity contribution in [1.82, 2.24) is 4.90 Å². The third kappa shape index (κ3) is 4.99. The third-order valence-electron chi connectivity index (χ3n) is 3.76. The molecule has 0 unspecified atom stereocenters. The van der Waals surface area contributed by atoms with Crippen molar-refractivity contribution in [1.29, 1.82) is 0 Å². The predicted molar refractivity (Wildman–Crippen MR) is 93.8 cm³/mol. The molecule has 0 spiro atoms. The van der Waals surface area contributed by atoms with Gasteiger partial charge in [0.05, 0.1) is 29.4 Å². The quantitative estimate of drug-likeness (QED) is 0.855. The zero-order valence-electron chi connectivity index (χ0n) is 14.1. The van der Waals surface area contributed by atoms with Gasteiger partial charge in [0.1, 0.15) is 5.60 Å². The molecule has 1 aliphatic rings. The molecule has 24 heavy (non-hydrogen) atoms. The lowest BCUT2D eigenvalue weighted by Gasteiger charge is -2.29. The molecule has 1 saturated heterocycles. The van der Waals surface area contributed by atoms with Crippen LogP contribution in [0.25, 0.3) is 0 Å². The lowest BCUT2D eigenvalue weighted by molar-refractivity contribution is 0.00926. The molecule has 1 heterocycles. The van der Waals surface area contributed by atoms with E-state index < -0.39 is 17.8 Å². The Hall–Kier alpha value is -1.01. The number of benzene rings is 1. The van der Waals surface area contributed by atoms with Crippen LogP contribution in [0.5, 0.6) is 0 Å². The van der Waals surface area contributed by atoms with Gasteiger partial charge in [0.2, 0.25) is 0 Å². The summed E-state index contributed by atoms with van der Waals surface area (Å²) in [5, 5.41) is 10.6. The van der Waals surface area contributed by atoms with Crippen LogP contribution < -0.4 is 0 Å². The standard InChI is InChI=1S/C17H23Cl2NO4/c1-17(2,3)24-16(22)20-6-7-23-15(10-21)12(9-20)11-4-5-13(18)14(19)8-11/h4-5,8,12,15,21H,6-7,9-10H2,1-3H3/t12-,15-/m1/s1. The second kappa shape index (κ2) is 7.91. The van der Waals surface area contributed by atoms with Crippen molar-refractivity contribution in [2.45, 2.75) is 38.4 Å². The molecular weight excluding hydrogens is 353 g/mol. The van der Waals surface area contributed by atoms with Crippen LogP contribution in [0.1, 0.15) is 32.3 Å². The van der Waals surface area contributed by atoms with E-state index in [4.69, 9.17) is 32.7 Å². The number of nitrogens with zero attached hydrogens (tertiary/aromatic N) is 1. The van der Waals surface area contributed by atoms with E-state index in [2.05, 4.69) is 0 Å². The van der Waals surface area contributed by atoms with Gasteiger partial charge in [-0.1, -0.05) is 29.3 Å². The molecular formula is C17H23Cl2NO4. The maximum absolute atomic E-state index is 12.4. The molecule has 0 saturated carbocycles. The van der Waals surface area contributed by atoms with Crippen molar-refractivity contribution in [2.75, 3.05) is 26.3 Å². The van der Waals surface area contributed by atoms with Crippen molar-refractivity contribution in [3.63, 3.8) is 0 Å². The summed E-state index contributed by atoms with van der Waals surface area (Å²) < 4.78 is 11.2. The van der Waals surface area contributed by atoms with Gasteiger partial charge in [-0.05, 0) is 38.5 Å². The Bertz CT molecular complexity index is 588. The van der Waals surface area contributed by atoms with Crippen LogP contribution in [0.15, 0.2) is 18.2 Å². The highest BCUT2D eigenvalue weighted by Gasteiger charge is 2.33. The first kappa shape index (κ1) is 19.3. The van der Waals surface area contributed by atoms with E-state index in [0.717, 1.165) is 5.56 Å². The van der Waals surface area contributed by atoms with Gasteiger partial charge in [-0.2, -0.15) is 0 Å². The van der Waals surface area contributed by atoms with Crippen LogP contribution in [0.2, 0.25) is 10.0 Å². The maximum Gasteiger partial charge on any atom is 0.410 e. The molecule has 134 valence electrons. The smallest absolute Gasteiger partial charge is 0.410 e. The average Bonchev–Trinajstić information content (AvgIpc) is 2.70. The predicted octanol–water partition coefficient (Wildman–Crippen LogP) is 3.71. The van der Waals surface area contributed by atoms with E-state index in [9.17, 15) is 9.90 Å². The van der Waals surface area contributed by atoms with Crippen LogP contribution in [-0.4, -0.2) is 54.1 Å². The summed E-state index contributed by atoms with van der Waals surface area (Å²) in [6, 6.07) is 5.29. The normalized spacial score (nSPS) is 22.2. The molecule has 5 nitrogen and oxygen atoms in total. The fourth-order valence-corrected chi connectivity index (χ4v) is 2.92. The fraction of sp³-hybridized carbons (Fsp3) is 0.588. The zero-order valence-corrected chi connectivity index (χ0v) is 15.6. The van der Waals surface area contributed by atoms with Crippen molar-refractivity contribution >= 4 is 29.3 Å². The summed E-state index contributed by atoms with van der Waals surface area (Å²) in [6.07, 6.45) is -0.815. The molecule has 1 aliphatic heterocycles. The maximum atomic E-state index is 12.4. The average molecular weight is 376 g/mol. The fourth-order valence-electron chi connectivity index (χ4n) is 2.61. The van der Waals surface area contributed by atoms with Crippen molar-refractivity contribution in [3.05, 3.63) is 33.8 Å². The first-order valence-electron chi connectivity index (χ1n) is 7.86. The van der Waals surface area contributed by atoms with Gasteiger partial charge >= 0.3 is 6.09 Å². The molecule has 0 bridgehead atoms. The summed E-state index contributed by atoms with van der Waals surface area (Å²) in [6.45, 7) is 6.45. The highest BCUT2D eigenvalue weighted by molar-refractivity contribution is 6.42. The monoisotopic (exact) mass is 375 g/mol. The minimum Gasteiger partial charge on any atom is -0.444 e. The Morgan fingerprint density at radius 1 is 1.38 bits per heavy atom. The highest BCUT2D eigenvalue weighted by Crippen LogP contribution is 2.31. The van der Waals surface area contributed by atoms with Gasteiger partial charge < -0.3 is 19.5 Å². The van der Waals surface area contributed by atoms with E-state index in [0.29, 0.717) is 29.7 Å². The number of hydrogen-bond donors (Lipinski definition) is 1. The van der Waals surface area contributed by atoms with Gasteiger partial charge in [0.25, 0.3) is 0 Å². The molecule has 0 aromatic heterocycles.